The topological polar surface area (TPSA) is 29.5 Å². The molecule has 0 fully saturated rings. The summed E-state index contributed by atoms with van der Waals surface area (Å²) in [5.74, 6) is 0.829. The number of nitrogens with zero attached hydrogens (tertiary/aromatic N) is 1. The number of halogens is 1. The van der Waals surface area contributed by atoms with Crippen LogP contribution in [0.4, 0.5) is 0 Å². The highest BCUT2D eigenvalue weighted by atomic mass is 79.9. The van der Waals surface area contributed by atoms with Gasteiger partial charge < -0.3 is 9.64 Å². The Balaban J connectivity index is 1.77. The quantitative estimate of drug-likeness (QED) is 0.522. The molecule has 0 saturated carbocycles. The highest BCUT2D eigenvalue weighted by Gasteiger charge is 2.20. The normalized spacial score (nSPS) is 15.5. The van der Waals surface area contributed by atoms with Crippen LogP contribution in [-0.4, -0.2) is 24.8 Å². The van der Waals surface area contributed by atoms with Gasteiger partial charge in [0.2, 0.25) is 0 Å². The zero-order valence-electron chi connectivity index (χ0n) is 13.3. The fourth-order valence-electron chi connectivity index (χ4n) is 2.36. The first kappa shape index (κ1) is 16.9. The zero-order chi connectivity index (χ0) is 17.1. The molecule has 0 aromatic heterocycles. The van der Waals surface area contributed by atoms with Crippen LogP contribution in [0.2, 0.25) is 0 Å². The van der Waals surface area contributed by atoms with Gasteiger partial charge in [-0.3, -0.25) is 4.79 Å². The number of carbonyl (C=O) groups excluding carboxylic acids is 1. The summed E-state index contributed by atoms with van der Waals surface area (Å²) in [4.78, 5) is 14.4. The molecule has 0 radical (unpaired) electrons. The van der Waals surface area contributed by atoms with Gasteiger partial charge >= 0.3 is 0 Å². The average molecular weight is 402 g/mol. The van der Waals surface area contributed by atoms with E-state index in [0.717, 1.165) is 26.5 Å². The third kappa shape index (κ3) is 3.57. The molecule has 0 amide bonds. The van der Waals surface area contributed by atoms with Gasteiger partial charge in [0.1, 0.15) is 5.75 Å². The second-order valence-electron chi connectivity index (χ2n) is 5.26. The van der Waals surface area contributed by atoms with Crippen LogP contribution in [0, 0.1) is 0 Å². The lowest BCUT2D eigenvalue weighted by atomic mass is 10.1. The summed E-state index contributed by atoms with van der Waals surface area (Å²) in [6.45, 7) is 0. The second kappa shape index (κ2) is 7.28. The zero-order valence-corrected chi connectivity index (χ0v) is 15.7. The molecule has 1 aliphatic heterocycles. The lowest BCUT2D eigenvalue weighted by molar-refractivity contribution is 0.104. The van der Waals surface area contributed by atoms with Gasteiger partial charge in [-0.2, -0.15) is 0 Å². The second-order valence-corrected chi connectivity index (χ2v) is 7.07. The molecule has 0 aliphatic carbocycles. The van der Waals surface area contributed by atoms with E-state index in [9.17, 15) is 4.79 Å². The molecule has 24 heavy (non-hydrogen) atoms. The molecule has 3 rings (SSSR count). The van der Waals surface area contributed by atoms with E-state index in [1.807, 2.05) is 60.5 Å². The van der Waals surface area contributed by atoms with E-state index in [0.29, 0.717) is 5.56 Å². The van der Waals surface area contributed by atoms with Gasteiger partial charge in [-0.05, 0) is 54.1 Å². The number of allylic oxidation sites excluding steroid dienone is 1. The Labute approximate surface area is 154 Å². The molecule has 5 heteroatoms. The summed E-state index contributed by atoms with van der Waals surface area (Å²) in [5, 5.41) is 2.97. The Morgan fingerprint density at radius 1 is 1.12 bits per heavy atom. The van der Waals surface area contributed by atoms with Gasteiger partial charge in [0.05, 0.1) is 17.8 Å². The number of rotatable bonds is 4. The van der Waals surface area contributed by atoms with Gasteiger partial charge in [0, 0.05) is 28.6 Å². The van der Waals surface area contributed by atoms with E-state index in [4.69, 9.17) is 4.74 Å². The van der Waals surface area contributed by atoms with Gasteiger partial charge in [-0.25, -0.2) is 0 Å². The van der Waals surface area contributed by atoms with Crippen LogP contribution in [-0.2, 0) is 0 Å². The number of benzene rings is 2. The summed E-state index contributed by atoms with van der Waals surface area (Å²) in [6.07, 6.45) is 1.68. The Kier molecular flexibility index (Phi) is 5.11. The van der Waals surface area contributed by atoms with Crippen LogP contribution in [0.3, 0.4) is 0 Å². The smallest absolute Gasteiger partial charge is 0.188 e. The number of hydrogen-bond acceptors (Lipinski definition) is 4. The first-order valence-electron chi connectivity index (χ1n) is 7.35. The van der Waals surface area contributed by atoms with Crippen molar-refractivity contribution in [1.82, 2.24) is 4.90 Å². The highest BCUT2D eigenvalue weighted by Crippen LogP contribution is 2.38. The van der Waals surface area contributed by atoms with Crippen molar-refractivity contribution in [2.24, 2.45) is 0 Å². The molecule has 1 heterocycles. The number of methoxy groups -OCH3 is 1. The fraction of sp³-hybridized carbons (Fsp3) is 0.105. The molecule has 1 aliphatic rings. The summed E-state index contributed by atoms with van der Waals surface area (Å²) in [5.41, 5.74) is 2.83. The van der Waals surface area contributed by atoms with Crippen molar-refractivity contribution >= 4 is 39.2 Å². The maximum atomic E-state index is 12.4. The minimum Gasteiger partial charge on any atom is -0.497 e. The van der Waals surface area contributed by atoms with Crippen molar-refractivity contribution in [2.45, 2.75) is 0 Å². The Hall–Kier alpha value is -1.98. The summed E-state index contributed by atoms with van der Waals surface area (Å²) in [7, 11) is 3.62. The van der Waals surface area contributed by atoms with Crippen LogP contribution >= 0.6 is 27.7 Å². The number of hydrogen-bond donors (Lipinski definition) is 0. The largest absolute Gasteiger partial charge is 0.497 e. The highest BCUT2D eigenvalue weighted by molar-refractivity contribution is 9.10. The summed E-state index contributed by atoms with van der Waals surface area (Å²) in [6, 6.07) is 15.3. The van der Waals surface area contributed by atoms with Gasteiger partial charge in [0.25, 0.3) is 0 Å². The molecule has 122 valence electrons. The predicted octanol–water partition coefficient (Wildman–Crippen LogP) is 5.16. The van der Waals surface area contributed by atoms with E-state index in [-0.39, 0.29) is 5.78 Å². The number of ether oxygens (including phenoxy) is 1. The molecule has 0 N–H and O–H groups in total. The fourth-order valence-corrected chi connectivity index (χ4v) is 3.58. The average Bonchev–Trinajstić information content (AvgIpc) is 2.96. The van der Waals surface area contributed by atoms with Crippen LogP contribution in [0.1, 0.15) is 15.9 Å². The first-order chi connectivity index (χ1) is 11.6. The number of carbonyl (C=O) groups is 1. The van der Waals surface area contributed by atoms with Crippen molar-refractivity contribution in [2.75, 3.05) is 14.2 Å². The standard InChI is InChI=1S/C19H16BrNO2S/c1-21-17(13-5-9-16(23-2)10-6-13)12-24-19(21)11-18(22)14-3-7-15(20)8-4-14/h3-12H,1-2H3. The molecule has 2 aromatic carbocycles. The summed E-state index contributed by atoms with van der Waals surface area (Å²) < 4.78 is 6.15. The Morgan fingerprint density at radius 3 is 2.42 bits per heavy atom. The van der Waals surface area contributed by atoms with Gasteiger partial charge in [0.15, 0.2) is 5.78 Å². The Morgan fingerprint density at radius 2 is 1.79 bits per heavy atom. The van der Waals surface area contributed by atoms with E-state index >= 15 is 0 Å². The van der Waals surface area contributed by atoms with Crippen LogP contribution in [0.5, 0.6) is 5.75 Å². The lowest BCUT2D eigenvalue weighted by Gasteiger charge is -2.18. The molecule has 0 bridgehead atoms. The lowest BCUT2D eigenvalue weighted by Crippen LogP contribution is -2.11. The van der Waals surface area contributed by atoms with Crippen LogP contribution in [0.25, 0.3) is 5.70 Å². The molecule has 0 spiro atoms. The minimum absolute atomic E-state index is 0.00114. The number of thioether (sulfide) groups is 1. The van der Waals surface area contributed by atoms with Gasteiger partial charge in [-0.15, -0.1) is 0 Å². The van der Waals surface area contributed by atoms with Crippen LogP contribution < -0.4 is 4.74 Å². The molecular formula is C19H16BrNO2S. The van der Waals surface area contributed by atoms with Crippen molar-refractivity contribution in [3.05, 3.63) is 80.6 Å². The van der Waals surface area contributed by atoms with E-state index in [1.54, 1.807) is 24.9 Å². The molecule has 3 nitrogen and oxygen atoms in total. The SMILES string of the molecule is COc1ccc(C2=CSC(=CC(=O)c3ccc(Br)cc3)N2C)cc1. The van der Waals surface area contributed by atoms with Crippen molar-refractivity contribution in [1.29, 1.82) is 0 Å². The van der Waals surface area contributed by atoms with Crippen LogP contribution in [0.15, 0.2) is 69.5 Å². The van der Waals surface area contributed by atoms with Crippen molar-refractivity contribution in [3.8, 4) is 5.75 Å². The Bertz CT molecular complexity index is 810. The molecule has 0 unspecified atom stereocenters. The van der Waals surface area contributed by atoms with E-state index in [2.05, 4.69) is 21.3 Å². The van der Waals surface area contributed by atoms with E-state index < -0.39 is 0 Å². The third-order valence-electron chi connectivity index (χ3n) is 3.75. The predicted molar refractivity (Wildman–Crippen MR) is 103 cm³/mol. The monoisotopic (exact) mass is 401 g/mol. The first-order valence-corrected chi connectivity index (χ1v) is 9.02. The maximum Gasteiger partial charge on any atom is 0.188 e. The third-order valence-corrected chi connectivity index (χ3v) is 5.26. The molecule has 0 saturated heterocycles. The van der Waals surface area contributed by atoms with E-state index in [1.165, 1.54) is 0 Å². The van der Waals surface area contributed by atoms with Crippen molar-refractivity contribution < 1.29 is 9.53 Å². The summed E-state index contributed by atoms with van der Waals surface area (Å²) >= 11 is 4.93. The minimum atomic E-state index is 0.00114. The van der Waals surface area contributed by atoms with Gasteiger partial charge in [-0.1, -0.05) is 27.7 Å². The molecular weight excluding hydrogens is 386 g/mol. The molecule has 0 atom stereocenters. The van der Waals surface area contributed by atoms with Crippen molar-refractivity contribution in [3.63, 3.8) is 0 Å². The number of ketones is 1. The molecule has 2 aromatic rings. The maximum absolute atomic E-state index is 12.4.